The van der Waals surface area contributed by atoms with E-state index in [2.05, 4.69) is 9.97 Å². The first kappa shape index (κ1) is 13.0. The van der Waals surface area contributed by atoms with Gasteiger partial charge in [0.05, 0.1) is 5.69 Å². The van der Waals surface area contributed by atoms with Crippen LogP contribution >= 0.6 is 0 Å². The third kappa shape index (κ3) is 3.09. The van der Waals surface area contributed by atoms with Gasteiger partial charge < -0.3 is 4.42 Å². The monoisotopic (exact) mass is 417 g/mol. The summed E-state index contributed by atoms with van der Waals surface area (Å²) < 4.78 is 62.9. The van der Waals surface area contributed by atoms with Crippen molar-refractivity contribution in [2.24, 2.45) is 17.8 Å². The molecule has 7 rings (SSSR count). The summed E-state index contributed by atoms with van der Waals surface area (Å²) in [7, 11) is 0. The van der Waals surface area contributed by atoms with E-state index in [0.717, 1.165) is 12.0 Å². The zero-order chi connectivity index (χ0) is 27.0. The van der Waals surface area contributed by atoms with Crippen LogP contribution in [0.1, 0.15) is 71.3 Å². The molecule has 0 radical (unpaired) electrons. The number of pyridine rings is 2. The molecule has 0 amide bonds. The van der Waals surface area contributed by atoms with Crippen molar-refractivity contribution in [1.29, 1.82) is 0 Å². The number of hydrogen-bond acceptors (Lipinski definition) is 3. The van der Waals surface area contributed by atoms with E-state index >= 15 is 0 Å². The Balaban J connectivity index is 1.51. The summed E-state index contributed by atoms with van der Waals surface area (Å²) in [6, 6.07) is 10.0. The Morgan fingerprint density at radius 3 is 2.77 bits per heavy atom. The highest BCUT2D eigenvalue weighted by Gasteiger charge is 2.38. The van der Waals surface area contributed by atoms with Crippen molar-refractivity contribution in [3.8, 4) is 11.3 Å². The van der Waals surface area contributed by atoms with Gasteiger partial charge in [0, 0.05) is 37.8 Å². The second-order valence-corrected chi connectivity index (χ2v) is 9.25. The van der Waals surface area contributed by atoms with E-state index in [1.165, 1.54) is 31.7 Å². The molecule has 2 unspecified atom stereocenters. The summed E-state index contributed by atoms with van der Waals surface area (Å²) in [5, 5.41) is 0.827. The smallest absolute Gasteiger partial charge is 0.227 e. The molecule has 3 aliphatic rings. The van der Waals surface area contributed by atoms with Crippen LogP contribution in [-0.4, -0.2) is 9.97 Å². The Labute approximate surface area is 193 Å². The van der Waals surface area contributed by atoms with E-state index < -0.39 is 19.6 Å². The highest BCUT2D eigenvalue weighted by atomic mass is 16.3. The van der Waals surface area contributed by atoms with Crippen LogP contribution in [0.3, 0.4) is 0 Å². The molecule has 0 aliphatic heterocycles. The maximum atomic E-state index is 9.44. The standard InChI is InChI=1S/C28H30N2O/c1-16-4-10-22(27-26(16)23-11-5-17(2)30-28(23)31-27)25-15-21(12-13-29-25)18(3)24-14-19-6-8-20(24)9-7-19/h4-5,10-13,15,18-20,24H,6-9,14H2,1-3H3/i1D3,2D3,18D. The molecule has 1 aromatic carbocycles. The van der Waals surface area contributed by atoms with Gasteiger partial charge in [-0.1, -0.05) is 25.8 Å². The molecular weight excluding hydrogens is 380 g/mol. The highest BCUT2D eigenvalue weighted by molar-refractivity contribution is 6.10. The summed E-state index contributed by atoms with van der Waals surface area (Å²) in [5.74, 6) is 0.796. The first-order valence-corrected chi connectivity index (χ1v) is 11.2. The first-order valence-electron chi connectivity index (χ1n) is 14.7. The second-order valence-electron chi connectivity index (χ2n) is 9.25. The van der Waals surface area contributed by atoms with Gasteiger partial charge in [-0.15, -0.1) is 0 Å². The molecule has 31 heavy (non-hydrogen) atoms. The maximum Gasteiger partial charge on any atom is 0.227 e. The molecule has 3 fully saturated rings. The van der Waals surface area contributed by atoms with Crippen LogP contribution < -0.4 is 0 Å². The Hall–Kier alpha value is -2.68. The second kappa shape index (κ2) is 7.19. The van der Waals surface area contributed by atoms with Crippen LogP contribution in [0, 0.1) is 31.5 Å². The molecule has 0 saturated heterocycles. The lowest BCUT2D eigenvalue weighted by Crippen LogP contribution is -2.34. The van der Waals surface area contributed by atoms with Crippen LogP contribution in [0.15, 0.2) is 47.0 Å². The molecule has 3 saturated carbocycles. The molecule has 3 aliphatic carbocycles. The molecule has 3 heterocycles. The Kier molecular flexibility index (Phi) is 3.01. The molecule has 158 valence electrons. The number of benzene rings is 1. The van der Waals surface area contributed by atoms with E-state index in [1.807, 2.05) is 19.1 Å². The number of nitrogens with zero attached hydrogens (tertiary/aromatic N) is 2. The Bertz CT molecular complexity index is 1530. The van der Waals surface area contributed by atoms with E-state index in [-0.39, 0.29) is 22.9 Å². The van der Waals surface area contributed by atoms with Crippen LogP contribution in [0.5, 0.6) is 0 Å². The topological polar surface area (TPSA) is 38.9 Å². The predicted octanol–water partition coefficient (Wildman–Crippen LogP) is 7.59. The normalized spacial score (nSPS) is 29.3. The zero-order valence-corrected chi connectivity index (χ0v) is 17.6. The Morgan fingerprint density at radius 1 is 1.10 bits per heavy atom. The number of rotatable bonds is 3. The largest absolute Gasteiger partial charge is 0.437 e. The van der Waals surface area contributed by atoms with E-state index in [1.54, 1.807) is 24.4 Å². The number of aromatic nitrogens is 2. The van der Waals surface area contributed by atoms with Crippen molar-refractivity contribution < 1.29 is 14.0 Å². The summed E-state index contributed by atoms with van der Waals surface area (Å²) >= 11 is 0. The van der Waals surface area contributed by atoms with Gasteiger partial charge in [0.2, 0.25) is 5.71 Å². The summed E-state index contributed by atoms with van der Waals surface area (Å²) in [6.45, 7) is -2.83. The first-order chi connectivity index (χ1) is 17.8. The van der Waals surface area contributed by atoms with Crippen LogP contribution in [0.25, 0.3) is 33.3 Å². The molecule has 0 N–H and O–H groups in total. The summed E-state index contributed by atoms with van der Waals surface area (Å²) in [4.78, 5) is 8.81. The van der Waals surface area contributed by atoms with Gasteiger partial charge >= 0.3 is 0 Å². The third-order valence-electron chi connectivity index (χ3n) is 7.58. The van der Waals surface area contributed by atoms with Gasteiger partial charge in [-0.3, -0.25) is 4.98 Å². The quantitative estimate of drug-likeness (QED) is 0.345. The minimum absolute atomic E-state index is 0.0753. The van der Waals surface area contributed by atoms with Crippen molar-refractivity contribution in [2.45, 2.75) is 58.6 Å². The van der Waals surface area contributed by atoms with Gasteiger partial charge in [-0.2, -0.15) is 0 Å². The van der Waals surface area contributed by atoms with Gasteiger partial charge in [0.1, 0.15) is 5.58 Å². The lowest BCUT2D eigenvalue weighted by atomic mass is 9.60. The van der Waals surface area contributed by atoms with Crippen LogP contribution in [-0.2, 0) is 0 Å². The summed E-state index contributed by atoms with van der Waals surface area (Å²) in [6.07, 6.45) is 7.73. The average Bonchev–Trinajstić information content (AvgIpc) is 3.26. The molecule has 4 aromatic rings. The molecule has 3 aromatic heterocycles. The van der Waals surface area contributed by atoms with Crippen molar-refractivity contribution in [3.63, 3.8) is 0 Å². The van der Waals surface area contributed by atoms with E-state index in [4.69, 9.17) is 12.6 Å². The van der Waals surface area contributed by atoms with Gasteiger partial charge in [-0.25, -0.2) is 4.98 Å². The third-order valence-corrected chi connectivity index (χ3v) is 7.58. The van der Waals surface area contributed by atoms with Gasteiger partial charge in [0.25, 0.3) is 0 Å². The molecule has 2 bridgehead atoms. The molecule has 0 spiro atoms. The molecule has 3 nitrogen and oxygen atoms in total. The number of fused-ring (bicyclic) bond motifs is 6. The fraction of sp³-hybridized carbons (Fsp3) is 0.429. The van der Waals surface area contributed by atoms with Gasteiger partial charge in [-0.05, 0) is 98.1 Å². The number of hydrogen-bond donors (Lipinski definition) is 0. The SMILES string of the molecule is [2H]C([2H])([2H])c1ccc2c(n1)oc1c(-c3cc(C([2H])(C)C4CC5CCC4CC5)ccn3)ccc(C([2H])([2H])[2H])c12. The minimum atomic E-state index is -2.42. The highest BCUT2D eigenvalue weighted by Crippen LogP contribution is 2.50. The fourth-order valence-electron chi connectivity index (χ4n) is 5.91. The molecule has 3 heteroatoms. The fourth-order valence-corrected chi connectivity index (χ4v) is 5.91. The van der Waals surface area contributed by atoms with Crippen molar-refractivity contribution in [2.75, 3.05) is 0 Å². The van der Waals surface area contributed by atoms with Gasteiger partial charge in [0.15, 0.2) is 0 Å². The minimum Gasteiger partial charge on any atom is -0.437 e. The lowest BCUT2D eigenvalue weighted by molar-refractivity contribution is 0.0835. The predicted molar refractivity (Wildman–Crippen MR) is 126 cm³/mol. The van der Waals surface area contributed by atoms with Crippen molar-refractivity contribution in [3.05, 3.63) is 59.4 Å². The Morgan fingerprint density at radius 2 is 2.00 bits per heavy atom. The van der Waals surface area contributed by atoms with Crippen molar-refractivity contribution in [1.82, 2.24) is 9.97 Å². The lowest BCUT2D eigenvalue weighted by Gasteiger charge is -2.45. The summed E-state index contributed by atoms with van der Waals surface area (Å²) in [5.41, 5.74) is 2.42. The average molecular weight is 418 g/mol. The zero-order valence-electron chi connectivity index (χ0n) is 24.6. The maximum absolute atomic E-state index is 9.44. The molecular formula is C28H30N2O. The van der Waals surface area contributed by atoms with Crippen LogP contribution in [0.2, 0.25) is 0 Å². The molecule has 2 atom stereocenters. The van der Waals surface area contributed by atoms with Crippen LogP contribution in [0.4, 0.5) is 0 Å². The number of aryl methyl sites for hydroxylation is 2. The van der Waals surface area contributed by atoms with E-state index in [9.17, 15) is 1.37 Å². The number of furan rings is 1. The van der Waals surface area contributed by atoms with Crippen molar-refractivity contribution >= 4 is 22.1 Å². The van der Waals surface area contributed by atoms with E-state index in [0.29, 0.717) is 39.4 Å².